The molecule has 1 heterocycles. The van der Waals surface area contributed by atoms with Crippen molar-refractivity contribution in [3.05, 3.63) is 28.2 Å². The molecule has 0 aromatic heterocycles. The molecular formula is C16H19BrN2O4. The van der Waals surface area contributed by atoms with Crippen LogP contribution in [-0.2, 0) is 9.53 Å². The highest BCUT2D eigenvalue weighted by atomic mass is 79.9. The average Bonchev–Trinajstić information content (AvgIpc) is 2.51. The molecule has 2 atom stereocenters. The van der Waals surface area contributed by atoms with Crippen molar-refractivity contribution >= 4 is 33.6 Å². The van der Waals surface area contributed by atoms with Gasteiger partial charge in [-0.1, -0.05) is 13.0 Å². The lowest BCUT2D eigenvalue weighted by atomic mass is 9.88. The van der Waals surface area contributed by atoms with E-state index in [1.165, 1.54) is 0 Å². The number of carbonyl (C=O) groups excluding carboxylic acids is 2. The fraction of sp³-hybridized carbons (Fsp3) is 0.438. The standard InChI is InChI=1S/C16H19BrN2O4/c1-4-7-23-15(20)13-9(2)18-16(21)19-14(13)10-5-6-12(22-3)11(17)8-10/h5-6,8,13-14H,4,7H2,1-3H3,(H,19,21). The minimum atomic E-state index is -0.639. The quantitative estimate of drug-likeness (QED) is 0.792. The third kappa shape index (κ3) is 3.90. The van der Waals surface area contributed by atoms with Crippen molar-refractivity contribution in [3.63, 3.8) is 0 Å². The lowest BCUT2D eigenvalue weighted by Gasteiger charge is -2.30. The molecule has 1 aliphatic rings. The summed E-state index contributed by atoms with van der Waals surface area (Å²) in [6.07, 6.45) is 0.736. The number of carbonyl (C=O) groups is 2. The van der Waals surface area contributed by atoms with Crippen molar-refractivity contribution in [2.75, 3.05) is 13.7 Å². The fourth-order valence-corrected chi connectivity index (χ4v) is 3.03. The molecule has 1 aliphatic heterocycles. The predicted octanol–water partition coefficient (Wildman–Crippen LogP) is 3.25. The molecule has 0 aliphatic carbocycles. The summed E-state index contributed by atoms with van der Waals surface area (Å²) in [6.45, 7) is 3.94. The maximum atomic E-state index is 12.4. The van der Waals surface area contributed by atoms with Crippen molar-refractivity contribution in [3.8, 4) is 5.75 Å². The van der Waals surface area contributed by atoms with E-state index < -0.39 is 18.0 Å². The fourth-order valence-electron chi connectivity index (χ4n) is 2.47. The highest BCUT2D eigenvalue weighted by Gasteiger charge is 2.38. The molecule has 2 rings (SSSR count). The summed E-state index contributed by atoms with van der Waals surface area (Å²) >= 11 is 3.42. The average molecular weight is 383 g/mol. The Bertz CT molecular complexity index is 645. The molecule has 0 saturated heterocycles. The lowest BCUT2D eigenvalue weighted by molar-refractivity contribution is -0.147. The number of methoxy groups -OCH3 is 1. The summed E-state index contributed by atoms with van der Waals surface area (Å²) in [5.41, 5.74) is 1.23. The van der Waals surface area contributed by atoms with E-state index in [9.17, 15) is 9.59 Å². The molecule has 0 fully saturated rings. The summed E-state index contributed by atoms with van der Waals surface area (Å²) in [5, 5.41) is 2.75. The van der Waals surface area contributed by atoms with Crippen LogP contribution < -0.4 is 10.1 Å². The first-order chi connectivity index (χ1) is 11.0. The van der Waals surface area contributed by atoms with Gasteiger partial charge in [-0.25, -0.2) is 9.79 Å². The van der Waals surface area contributed by atoms with Crippen LogP contribution in [0.25, 0.3) is 0 Å². The molecule has 23 heavy (non-hydrogen) atoms. The molecule has 0 radical (unpaired) electrons. The molecule has 0 bridgehead atoms. The second-order valence-electron chi connectivity index (χ2n) is 5.22. The molecule has 2 amide bonds. The summed E-state index contributed by atoms with van der Waals surface area (Å²) in [4.78, 5) is 28.0. The van der Waals surface area contributed by atoms with Gasteiger partial charge in [0.2, 0.25) is 0 Å². The number of nitrogens with zero attached hydrogens (tertiary/aromatic N) is 1. The zero-order valence-electron chi connectivity index (χ0n) is 13.3. The third-order valence-corrected chi connectivity index (χ3v) is 4.20. The number of esters is 1. The van der Waals surface area contributed by atoms with Gasteiger partial charge in [-0.05, 0) is 47.0 Å². The first-order valence-corrected chi connectivity index (χ1v) is 8.13. The predicted molar refractivity (Wildman–Crippen MR) is 89.8 cm³/mol. The highest BCUT2D eigenvalue weighted by Crippen LogP contribution is 2.33. The van der Waals surface area contributed by atoms with Crippen LogP contribution in [0.1, 0.15) is 31.9 Å². The SMILES string of the molecule is CCCOC(=O)C1C(C)=NC(=O)NC1c1ccc(OC)c(Br)c1. The van der Waals surface area contributed by atoms with E-state index in [1.807, 2.05) is 19.1 Å². The number of urea groups is 1. The molecule has 1 aromatic carbocycles. The molecule has 2 unspecified atom stereocenters. The van der Waals surface area contributed by atoms with Gasteiger partial charge < -0.3 is 14.8 Å². The van der Waals surface area contributed by atoms with E-state index in [0.717, 1.165) is 16.5 Å². The van der Waals surface area contributed by atoms with Crippen molar-refractivity contribution in [2.24, 2.45) is 10.9 Å². The Kier molecular flexibility index (Phi) is 5.76. The van der Waals surface area contributed by atoms with E-state index in [0.29, 0.717) is 18.1 Å². The molecular weight excluding hydrogens is 364 g/mol. The summed E-state index contributed by atoms with van der Waals surface area (Å²) in [5.74, 6) is -0.351. The number of rotatable bonds is 5. The van der Waals surface area contributed by atoms with Gasteiger partial charge in [0.1, 0.15) is 11.7 Å². The number of hydrogen-bond acceptors (Lipinski definition) is 4. The van der Waals surface area contributed by atoms with Crippen LogP contribution >= 0.6 is 15.9 Å². The largest absolute Gasteiger partial charge is 0.496 e. The normalized spacial score (nSPS) is 20.5. The Labute approximate surface area is 143 Å². The van der Waals surface area contributed by atoms with E-state index in [1.54, 1.807) is 20.1 Å². The Hall–Kier alpha value is -1.89. The highest BCUT2D eigenvalue weighted by molar-refractivity contribution is 9.10. The number of nitrogens with one attached hydrogen (secondary N) is 1. The van der Waals surface area contributed by atoms with Gasteiger partial charge >= 0.3 is 12.0 Å². The molecule has 0 spiro atoms. The monoisotopic (exact) mass is 382 g/mol. The van der Waals surface area contributed by atoms with Gasteiger partial charge in [-0.3, -0.25) is 4.79 Å². The first-order valence-electron chi connectivity index (χ1n) is 7.33. The van der Waals surface area contributed by atoms with Crippen LogP contribution in [0.5, 0.6) is 5.75 Å². The second-order valence-corrected chi connectivity index (χ2v) is 6.07. The van der Waals surface area contributed by atoms with Crippen molar-refractivity contribution in [1.29, 1.82) is 0 Å². The van der Waals surface area contributed by atoms with Crippen LogP contribution in [0.3, 0.4) is 0 Å². The van der Waals surface area contributed by atoms with Gasteiger partial charge in [-0.2, -0.15) is 0 Å². The number of ether oxygens (including phenoxy) is 2. The van der Waals surface area contributed by atoms with E-state index >= 15 is 0 Å². The minimum Gasteiger partial charge on any atom is -0.496 e. The number of hydrogen-bond donors (Lipinski definition) is 1. The molecule has 7 heteroatoms. The first kappa shape index (κ1) is 17.5. The van der Waals surface area contributed by atoms with Crippen LogP contribution in [0, 0.1) is 5.92 Å². The van der Waals surface area contributed by atoms with Gasteiger partial charge in [0.15, 0.2) is 0 Å². The van der Waals surface area contributed by atoms with Crippen LogP contribution in [-0.4, -0.2) is 31.4 Å². The van der Waals surface area contributed by atoms with Gasteiger partial charge in [0.05, 0.1) is 24.2 Å². The summed E-state index contributed by atoms with van der Waals surface area (Å²) < 4.78 is 11.2. The third-order valence-electron chi connectivity index (χ3n) is 3.58. The number of benzene rings is 1. The van der Waals surface area contributed by atoms with Crippen molar-refractivity contribution < 1.29 is 19.1 Å². The molecule has 124 valence electrons. The van der Waals surface area contributed by atoms with Gasteiger partial charge in [-0.15, -0.1) is 0 Å². The smallest absolute Gasteiger partial charge is 0.341 e. The van der Waals surface area contributed by atoms with Crippen LogP contribution in [0.2, 0.25) is 0 Å². The maximum Gasteiger partial charge on any atom is 0.341 e. The second kappa shape index (κ2) is 7.59. The number of aliphatic imine (C=N–C) groups is 1. The maximum absolute atomic E-state index is 12.4. The van der Waals surface area contributed by atoms with E-state index in [4.69, 9.17) is 9.47 Å². The number of amides is 2. The van der Waals surface area contributed by atoms with Gasteiger partial charge in [0.25, 0.3) is 0 Å². The lowest BCUT2D eigenvalue weighted by Crippen LogP contribution is -2.44. The van der Waals surface area contributed by atoms with Gasteiger partial charge in [0, 0.05) is 5.71 Å². The zero-order valence-corrected chi connectivity index (χ0v) is 14.8. The van der Waals surface area contributed by atoms with E-state index in [2.05, 4.69) is 26.2 Å². The Balaban J connectivity index is 2.36. The summed E-state index contributed by atoms with van der Waals surface area (Å²) in [7, 11) is 1.57. The Morgan fingerprint density at radius 1 is 1.43 bits per heavy atom. The van der Waals surface area contributed by atoms with Crippen molar-refractivity contribution in [1.82, 2.24) is 5.32 Å². The molecule has 6 nitrogen and oxygen atoms in total. The van der Waals surface area contributed by atoms with Crippen molar-refractivity contribution in [2.45, 2.75) is 26.3 Å². The molecule has 1 N–H and O–H groups in total. The van der Waals surface area contributed by atoms with Crippen LogP contribution in [0.4, 0.5) is 4.79 Å². The van der Waals surface area contributed by atoms with Crippen LogP contribution in [0.15, 0.2) is 27.7 Å². The Morgan fingerprint density at radius 3 is 2.78 bits per heavy atom. The Morgan fingerprint density at radius 2 is 2.17 bits per heavy atom. The molecule has 1 aromatic rings. The molecule has 0 saturated carbocycles. The minimum absolute atomic E-state index is 0.343. The number of halogens is 1. The van der Waals surface area contributed by atoms with E-state index in [-0.39, 0.29) is 5.97 Å². The zero-order chi connectivity index (χ0) is 17.0. The summed E-state index contributed by atoms with van der Waals surface area (Å²) in [6, 6.07) is 4.43. The topological polar surface area (TPSA) is 77.0 Å².